The summed E-state index contributed by atoms with van der Waals surface area (Å²) >= 11 is 0. The van der Waals surface area contributed by atoms with Crippen molar-refractivity contribution in [2.75, 3.05) is 18.1 Å². The van der Waals surface area contributed by atoms with E-state index in [9.17, 15) is 14.4 Å². The number of amides is 3. The number of aryl methyl sites for hydroxylation is 1. The van der Waals surface area contributed by atoms with E-state index < -0.39 is 11.6 Å². The van der Waals surface area contributed by atoms with Crippen LogP contribution in [0.15, 0.2) is 72.8 Å². The van der Waals surface area contributed by atoms with Gasteiger partial charge in [0.1, 0.15) is 6.04 Å². The predicted molar refractivity (Wildman–Crippen MR) is 161 cm³/mol. The van der Waals surface area contributed by atoms with Gasteiger partial charge in [0, 0.05) is 36.4 Å². The van der Waals surface area contributed by atoms with Crippen LogP contribution >= 0.6 is 0 Å². The number of carbonyl (C=O) groups is 3. The molecule has 3 aromatic rings. The highest BCUT2D eigenvalue weighted by Gasteiger charge is 2.32. The molecule has 0 saturated heterocycles. The topological polar surface area (TPSA) is 125 Å². The minimum absolute atomic E-state index is 0.106. The minimum atomic E-state index is -0.665. The summed E-state index contributed by atoms with van der Waals surface area (Å²) in [6.07, 6.45) is 2.68. The van der Waals surface area contributed by atoms with E-state index >= 15 is 0 Å². The number of rotatable bonds is 11. The van der Waals surface area contributed by atoms with Crippen molar-refractivity contribution in [2.45, 2.75) is 64.1 Å². The van der Waals surface area contributed by atoms with E-state index in [1.54, 1.807) is 24.8 Å². The Kier molecular flexibility index (Phi) is 9.91. The lowest BCUT2D eigenvalue weighted by atomic mass is 9.98. The third kappa shape index (κ3) is 8.02. The van der Waals surface area contributed by atoms with Crippen LogP contribution in [0.2, 0.25) is 0 Å². The number of carbonyl (C=O) groups excluding carboxylic acids is 3. The van der Waals surface area contributed by atoms with Crippen LogP contribution in [0.3, 0.4) is 0 Å². The highest BCUT2D eigenvalue weighted by atomic mass is 16.3. The molecule has 3 aromatic carbocycles. The van der Waals surface area contributed by atoms with Gasteiger partial charge in [0.15, 0.2) is 0 Å². The molecule has 0 spiro atoms. The predicted octanol–water partition coefficient (Wildman–Crippen LogP) is 3.95. The van der Waals surface area contributed by atoms with Gasteiger partial charge in [-0.2, -0.15) is 0 Å². The number of aliphatic hydroxyl groups is 1. The van der Waals surface area contributed by atoms with Crippen molar-refractivity contribution in [3.8, 4) is 11.1 Å². The second-order valence-electron chi connectivity index (χ2n) is 11.3. The summed E-state index contributed by atoms with van der Waals surface area (Å²) in [6.45, 7) is 4.53. The monoisotopic (exact) mass is 556 g/mol. The molecular formula is C33H40N4O4. The third-order valence-corrected chi connectivity index (χ3v) is 7.15. The zero-order valence-electron chi connectivity index (χ0n) is 23.9. The highest BCUT2D eigenvalue weighted by molar-refractivity contribution is 6.01. The Labute approximate surface area is 241 Å². The Bertz CT molecular complexity index is 1360. The molecule has 0 aliphatic carbocycles. The first-order chi connectivity index (χ1) is 19.7. The van der Waals surface area contributed by atoms with Gasteiger partial charge < -0.3 is 26.4 Å². The van der Waals surface area contributed by atoms with E-state index in [0.717, 1.165) is 27.9 Å². The molecule has 0 bridgehead atoms. The van der Waals surface area contributed by atoms with E-state index in [4.69, 9.17) is 10.8 Å². The molecule has 4 rings (SSSR count). The fourth-order valence-corrected chi connectivity index (χ4v) is 5.11. The number of hydrogen-bond acceptors (Lipinski definition) is 5. The molecule has 0 saturated carbocycles. The lowest BCUT2D eigenvalue weighted by Crippen LogP contribution is -2.49. The molecule has 1 aliphatic heterocycles. The standard InChI is InChI=1S/C33H40N4O4/c1-33(2,34)21-30(39)36-28-18-17-25-9-3-6-12-29(25)37(32(28)41)22-23-13-15-24(16-14-23)26-10-4-5-11-27(26)31(40)35-19-7-8-20-38/h3-6,9-16,28,38H,7-8,17-22,34H2,1-2H3,(H,35,40)(H,36,39)/t28-/m1/s1. The number of nitrogens with zero attached hydrogens (tertiary/aromatic N) is 1. The Hall–Kier alpha value is -4.01. The molecule has 41 heavy (non-hydrogen) atoms. The van der Waals surface area contributed by atoms with Gasteiger partial charge in [-0.05, 0) is 73.9 Å². The first-order valence-corrected chi connectivity index (χ1v) is 14.2. The van der Waals surface area contributed by atoms with Gasteiger partial charge in [0.25, 0.3) is 5.91 Å². The Balaban J connectivity index is 1.54. The second kappa shape index (κ2) is 13.6. The molecule has 0 unspecified atom stereocenters. The number of aliphatic hydroxyl groups excluding tert-OH is 1. The maximum Gasteiger partial charge on any atom is 0.251 e. The lowest BCUT2D eigenvalue weighted by molar-refractivity contribution is -0.128. The second-order valence-corrected chi connectivity index (χ2v) is 11.3. The first kappa shape index (κ1) is 30.0. The maximum absolute atomic E-state index is 13.8. The average Bonchev–Trinajstić information content (AvgIpc) is 3.07. The average molecular weight is 557 g/mol. The molecule has 1 aliphatic rings. The van der Waals surface area contributed by atoms with Gasteiger partial charge >= 0.3 is 0 Å². The zero-order chi connectivity index (χ0) is 29.4. The van der Waals surface area contributed by atoms with E-state index in [1.165, 1.54) is 0 Å². The van der Waals surface area contributed by atoms with Crippen LogP contribution in [0.1, 0.15) is 61.0 Å². The Morgan fingerprint density at radius 3 is 2.44 bits per heavy atom. The molecule has 5 N–H and O–H groups in total. The largest absolute Gasteiger partial charge is 0.396 e. The van der Waals surface area contributed by atoms with E-state index in [-0.39, 0.29) is 30.7 Å². The number of anilines is 1. The summed E-state index contributed by atoms with van der Waals surface area (Å²) in [4.78, 5) is 41.0. The molecule has 8 nitrogen and oxygen atoms in total. The fourth-order valence-electron chi connectivity index (χ4n) is 5.11. The minimum Gasteiger partial charge on any atom is -0.396 e. The molecule has 3 amide bonds. The Morgan fingerprint density at radius 2 is 1.71 bits per heavy atom. The van der Waals surface area contributed by atoms with Crippen LogP contribution < -0.4 is 21.3 Å². The van der Waals surface area contributed by atoms with Gasteiger partial charge in [0.05, 0.1) is 6.54 Å². The van der Waals surface area contributed by atoms with Crippen LogP contribution in [0.4, 0.5) is 5.69 Å². The van der Waals surface area contributed by atoms with Crippen molar-refractivity contribution >= 4 is 23.4 Å². The summed E-state index contributed by atoms with van der Waals surface area (Å²) in [6, 6.07) is 22.5. The Morgan fingerprint density at radius 1 is 1.00 bits per heavy atom. The van der Waals surface area contributed by atoms with Crippen molar-refractivity contribution in [1.29, 1.82) is 0 Å². The number of fused-ring (bicyclic) bond motifs is 1. The smallest absolute Gasteiger partial charge is 0.251 e. The molecule has 0 fully saturated rings. The van der Waals surface area contributed by atoms with Gasteiger partial charge in [-0.3, -0.25) is 14.4 Å². The summed E-state index contributed by atoms with van der Waals surface area (Å²) in [5, 5.41) is 14.8. The molecule has 216 valence electrons. The summed E-state index contributed by atoms with van der Waals surface area (Å²) < 4.78 is 0. The van der Waals surface area contributed by atoms with E-state index in [0.29, 0.717) is 44.3 Å². The number of hydrogen-bond donors (Lipinski definition) is 4. The van der Waals surface area contributed by atoms with Gasteiger partial charge in [0.2, 0.25) is 11.8 Å². The van der Waals surface area contributed by atoms with Crippen molar-refractivity contribution in [1.82, 2.24) is 10.6 Å². The zero-order valence-corrected chi connectivity index (χ0v) is 23.9. The molecule has 0 aromatic heterocycles. The SMILES string of the molecule is CC(C)(N)CC(=O)N[C@@H]1CCc2ccccc2N(Cc2ccc(-c3ccccc3C(=O)NCCCCO)cc2)C1=O. The van der Waals surface area contributed by atoms with Crippen LogP contribution in [-0.4, -0.2) is 47.6 Å². The third-order valence-electron chi connectivity index (χ3n) is 7.15. The van der Waals surface area contributed by atoms with Crippen molar-refractivity contribution < 1.29 is 19.5 Å². The fraction of sp³-hybridized carbons (Fsp3) is 0.364. The molecule has 1 atom stereocenters. The number of unbranched alkanes of at least 4 members (excludes halogenated alkanes) is 1. The van der Waals surface area contributed by atoms with Crippen LogP contribution in [0.5, 0.6) is 0 Å². The normalized spacial score (nSPS) is 15.2. The first-order valence-electron chi connectivity index (χ1n) is 14.2. The number of nitrogens with two attached hydrogens (primary N) is 1. The van der Waals surface area contributed by atoms with Crippen LogP contribution in [-0.2, 0) is 22.6 Å². The van der Waals surface area contributed by atoms with Crippen molar-refractivity contribution in [3.63, 3.8) is 0 Å². The van der Waals surface area contributed by atoms with Gasteiger partial charge in [-0.1, -0.05) is 60.7 Å². The van der Waals surface area contributed by atoms with Crippen molar-refractivity contribution in [3.05, 3.63) is 89.5 Å². The number of benzene rings is 3. The number of nitrogens with one attached hydrogen (secondary N) is 2. The van der Waals surface area contributed by atoms with Gasteiger partial charge in [-0.15, -0.1) is 0 Å². The van der Waals surface area contributed by atoms with Crippen LogP contribution in [0.25, 0.3) is 11.1 Å². The summed E-state index contributed by atoms with van der Waals surface area (Å²) in [5.74, 6) is -0.534. The molecular weight excluding hydrogens is 516 g/mol. The highest BCUT2D eigenvalue weighted by Crippen LogP contribution is 2.30. The quantitative estimate of drug-likeness (QED) is 0.266. The number of para-hydroxylation sites is 1. The van der Waals surface area contributed by atoms with E-state index in [1.807, 2.05) is 66.7 Å². The molecule has 0 radical (unpaired) electrons. The van der Waals surface area contributed by atoms with E-state index in [2.05, 4.69) is 10.6 Å². The molecule has 1 heterocycles. The van der Waals surface area contributed by atoms with Crippen molar-refractivity contribution in [2.24, 2.45) is 5.73 Å². The van der Waals surface area contributed by atoms with Gasteiger partial charge in [-0.25, -0.2) is 0 Å². The lowest BCUT2D eigenvalue weighted by Gasteiger charge is -2.27. The molecule has 8 heteroatoms. The van der Waals surface area contributed by atoms with Crippen LogP contribution in [0, 0.1) is 0 Å². The maximum atomic E-state index is 13.8. The summed E-state index contributed by atoms with van der Waals surface area (Å²) in [5.41, 5.74) is 10.5. The summed E-state index contributed by atoms with van der Waals surface area (Å²) in [7, 11) is 0.